The normalized spacial score (nSPS) is 24.3. The van der Waals surface area contributed by atoms with E-state index in [1.807, 2.05) is 18.2 Å². The van der Waals surface area contributed by atoms with Crippen LogP contribution in [0, 0.1) is 5.41 Å². The maximum Gasteiger partial charge on any atom is 0.312 e. The molecule has 1 aromatic rings. The Bertz CT molecular complexity index is 523. The van der Waals surface area contributed by atoms with Crippen molar-refractivity contribution in [3.05, 3.63) is 36.4 Å². The molecule has 2 heterocycles. The molecular formula is C15H16O4. The number of allylic oxidation sites excluding steroid dienone is 1. The molecule has 0 bridgehead atoms. The SMILES string of the molecule is C=CCC1(Cc2ccc3c(c2)OCO3)CCOC1=O. The molecule has 0 aliphatic carbocycles. The highest BCUT2D eigenvalue weighted by atomic mass is 16.7. The lowest BCUT2D eigenvalue weighted by Crippen LogP contribution is -2.28. The number of cyclic esters (lactones) is 1. The molecule has 19 heavy (non-hydrogen) atoms. The molecule has 0 N–H and O–H groups in total. The van der Waals surface area contributed by atoms with Crippen LogP contribution in [0.4, 0.5) is 0 Å². The lowest BCUT2D eigenvalue weighted by molar-refractivity contribution is -0.146. The van der Waals surface area contributed by atoms with E-state index in [9.17, 15) is 4.79 Å². The Morgan fingerprint density at radius 3 is 2.84 bits per heavy atom. The summed E-state index contributed by atoms with van der Waals surface area (Å²) in [6.07, 6.45) is 3.82. The highest BCUT2D eigenvalue weighted by molar-refractivity contribution is 5.79. The van der Waals surface area contributed by atoms with E-state index >= 15 is 0 Å². The van der Waals surface area contributed by atoms with Gasteiger partial charge in [-0.25, -0.2) is 0 Å². The molecule has 0 saturated carbocycles. The van der Waals surface area contributed by atoms with E-state index in [1.165, 1.54) is 0 Å². The van der Waals surface area contributed by atoms with Crippen LogP contribution in [0.25, 0.3) is 0 Å². The second-order valence-electron chi connectivity index (χ2n) is 5.02. The first-order valence-electron chi connectivity index (χ1n) is 6.40. The van der Waals surface area contributed by atoms with Crippen LogP contribution in [0.1, 0.15) is 18.4 Å². The van der Waals surface area contributed by atoms with Crippen molar-refractivity contribution >= 4 is 5.97 Å². The molecule has 1 unspecified atom stereocenters. The van der Waals surface area contributed by atoms with Gasteiger partial charge in [-0.05, 0) is 37.0 Å². The third kappa shape index (κ3) is 2.07. The topological polar surface area (TPSA) is 44.8 Å². The lowest BCUT2D eigenvalue weighted by atomic mass is 9.77. The summed E-state index contributed by atoms with van der Waals surface area (Å²) < 4.78 is 15.8. The lowest BCUT2D eigenvalue weighted by Gasteiger charge is -2.23. The number of rotatable bonds is 4. The number of carbonyl (C=O) groups excluding carboxylic acids is 1. The summed E-state index contributed by atoms with van der Waals surface area (Å²) in [7, 11) is 0. The van der Waals surface area contributed by atoms with E-state index in [0.29, 0.717) is 19.4 Å². The van der Waals surface area contributed by atoms with Gasteiger partial charge in [-0.3, -0.25) is 4.79 Å². The number of fused-ring (bicyclic) bond motifs is 1. The molecule has 1 fully saturated rings. The fourth-order valence-corrected chi connectivity index (χ4v) is 2.73. The Morgan fingerprint density at radius 1 is 1.26 bits per heavy atom. The number of hydrogen-bond donors (Lipinski definition) is 0. The first kappa shape index (κ1) is 12.1. The number of hydrogen-bond acceptors (Lipinski definition) is 4. The second-order valence-corrected chi connectivity index (χ2v) is 5.02. The molecule has 4 heteroatoms. The Balaban J connectivity index is 1.86. The molecule has 2 aliphatic heterocycles. The van der Waals surface area contributed by atoms with E-state index in [-0.39, 0.29) is 12.8 Å². The molecule has 3 rings (SSSR count). The molecule has 100 valence electrons. The number of esters is 1. The molecule has 0 aromatic heterocycles. The highest BCUT2D eigenvalue weighted by Gasteiger charge is 2.43. The summed E-state index contributed by atoms with van der Waals surface area (Å²) in [5, 5.41) is 0. The zero-order valence-electron chi connectivity index (χ0n) is 10.7. The van der Waals surface area contributed by atoms with E-state index in [1.54, 1.807) is 6.08 Å². The largest absolute Gasteiger partial charge is 0.465 e. The van der Waals surface area contributed by atoms with Gasteiger partial charge in [-0.1, -0.05) is 12.1 Å². The number of carbonyl (C=O) groups is 1. The first-order valence-corrected chi connectivity index (χ1v) is 6.40. The van der Waals surface area contributed by atoms with E-state index in [2.05, 4.69) is 6.58 Å². The fourth-order valence-electron chi connectivity index (χ4n) is 2.73. The molecule has 0 radical (unpaired) electrons. The van der Waals surface area contributed by atoms with Gasteiger partial charge in [0.1, 0.15) is 0 Å². The summed E-state index contributed by atoms with van der Waals surface area (Å²) in [5.41, 5.74) is 0.597. The van der Waals surface area contributed by atoms with E-state index in [0.717, 1.165) is 23.5 Å². The van der Waals surface area contributed by atoms with Crippen molar-refractivity contribution in [3.63, 3.8) is 0 Å². The summed E-state index contributed by atoms with van der Waals surface area (Å²) in [6, 6.07) is 5.81. The first-order chi connectivity index (χ1) is 9.23. The number of ether oxygens (including phenoxy) is 3. The molecular weight excluding hydrogens is 244 g/mol. The predicted octanol–water partition coefficient (Wildman–Crippen LogP) is 2.47. The fraction of sp³-hybridized carbons (Fsp3) is 0.400. The van der Waals surface area contributed by atoms with Gasteiger partial charge in [-0.15, -0.1) is 6.58 Å². The predicted molar refractivity (Wildman–Crippen MR) is 69.1 cm³/mol. The van der Waals surface area contributed by atoms with Gasteiger partial charge in [0, 0.05) is 0 Å². The Morgan fingerprint density at radius 2 is 2.11 bits per heavy atom. The van der Waals surface area contributed by atoms with Crippen LogP contribution in [0.15, 0.2) is 30.9 Å². The summed E-state index contributed by atoms with van der Waals surface area (Å²) in [5.74, 6) is 1.39. The zero-order valence-corrected chi connectivity index (χ0v) is 10.7. The van der Waals surface area contributed by atoms with Crippen molar-refractivity contribution in [2.24, 2.45) is 5.41 Å². The third-order valence-corrected chi connectivity index (χ3v) is 3.76. The van der Waals surface area contributed by atoms with Crippen LogP contribution in [-0.2, 0) is 16.0 Å². The smallest absolute Gasteiger partial charge is 0.312 e. The van der Waals surface area contributed by atoms with Gasteiger partial charge in [0.15, 0.2) is 11.5 Å². The molecule has 4 nitrogen and oxygen atoms in total. The Labute approximate surface area is 112 Å². The monoisotopic (exact) mass is 260 g/mol. The van der Waals surface area contributed by atoms with Crippen LogP contribution in [0.2, 0.25) is 0 Å². The van der Waals surface area contributed by atoms with Crippen molar-refractivity contribution in [1.29, 1.82) is 0 Å². The van der Waals surface area contributed by atoms with Gasteiger partial charge in [-0.2, -0.15) is 0 Å². The van der Waals surface area contributed by atoms with Crippen LogP contribution in [0.3, 0.4) is 0 Å². The molecule has 1 saturated heterocycles. The van der Waals surface area contributed by atoms with Crippen LogP contribution in [0.5, 0.6) is 11.5 Å². The third-order valence-electron chi connectivity index (χ3n) is 3.76. The van der Waals surface area contributed by atoms with E-state index in [4.69, 9.17) is 14.2 Å². The minimum absolute atomic E-state index is 0.120. The average Bonchev–Trinajstić information content (AvgIpc) is 2.98. The van der Waals surface area contributed by atoms with Gasteiger partial charge >= 0.3 is 5.97 Å². The van der Waals surface area contributed by atoms with Crippen LogP contribution >= 0.6 is 0 Å². The minimum Gasteiger partial charge on any atom is -0.465 e. The Hall–Kier alpha value is -1.97. The molecule has 2 aliphatic rings. The minimum atomic E-state index is -0.463. The zero-order chi connectivity index (χ0) is 13.3. The van der Waals surface area contributed by atoms with Gasteiger partial charge in [0.2, 0.25) is 6.79 Å². The summed E-state index contributed by atoms with van der Waals surface area (Å²) in [6.45, 7) is 4.51. The van der Waals surface area contributed by atoms with Crippen molar-refractivity contribution in [3.8, 4) is 11.5 Å². The summed E-state index contributed by atoms with van der Waals surface area (Å²) >= 11 is 0. The van der Waals surface area contributed by atoms with Gasteiger partial charge in [0.25, 0.3) is 0 Å². The van der Waals surface area contributed by atoms with Gasteiger partial charge in [0.05, 0.1) is 12.0 Å². The maximum absolute atomic E-state index is 12.0. The summed E-state index contributed by atoms with van der Waals surface area (Å²) in [4.78, 5) is 12.0. The number of benzene rings is 1. The van der Waals surface area contributed by atoms with Gasteiger partial charge < -0.3 is 14.2 Å². The van der Waals surface area contributed by atoms with Crippen molar-refractivity contribution in [1.82, 2.24) is 0 Å². The maximum atomic E-state index is 12.0. The van der Waals surface area contributed by atoms with Crippen LogP contribution in [-0.4, -0.2) is 19.4 Å². The van der Waals surface area contributed by atoms with Crippen LogP contribution < -0.4 is 9.47 Å². The molecule has 0 amide bonds. The molecule has 1 aromatic carbocycles. The molecule has 1 atom stereocenters. The standard InChI is InChI=1S/C15H16O4/c1-2-5-15(6-7-17-14(15)16)9-11-3-4-12-13(8-11)19-10-18-12/h2-4,8H,1,5-7,9-10H2. The van der Waals surface area contributed by atoms with E-state index < -0.39 is 5.41 Å². The quantitative estimate of drug-likeness (QED) is 0.616. The van der Waals surface area contributed by atoms with Crippen molar-refractivity contribution in [2.75, 3.05) is 13.4 Å². The average molecular weight is 260 g/mol. The van der Waals surface area contributed by atoms with Crippen molar-refractivity contribution in [2.45, 2.75) is 19.3 Å². The molecule has 0 spiro atoms. The van der Waals surface area contributed by atoms with Crippen molar-refractivity contribution < 1.29 is 19.0 Å². The Kier molecular flexibility index (Phi) is 2.93. The second kappa shape index (κ2) is 4.61. The highest BCUT2D eigenvalue weighted by Crippen LogP contribution is 2.40.